The van der Waals surface area contributed by atoms with E-state index in [2.05, 4.69) is 11.8 Å². The summed E-state index contributed by atoms with van der Waals surface area (Å²) in [7, 11) is 0. The van der Waals surface area contributed by atoms with E-state index in [9.17, 15) is 18.0 Å². The van der Waals surface area contributed by atoms with Gasteiger partial charge in [0.25, 0.3) is 5.91 Å². The lowest BCUT2D eigenvalue weighted by Gasteiger charge is -2.30. The van der Waals surface area contributed by atoms with Gasteiger partial charge in [-0.05, 0) is 74.2 Å². The predicted octanol–water partition coefficient (Wildman–Crippen LogP) is 6.57. The first kappa shape index (κ1) is 25.3. The third kappa shape index (κ3) is 7.88. The normalized spacial score (nSPS) is 14.9. The molecule has 3 nitrogen and oxygen atoms in total. The molecule has 0 N–H and O–H groups in total. The van der Waals surface area contributed by atoms with E-state index >= 15 is 0 Å². The molecule has 0 saturated carbocycles. The summed E-state index contributed by atoms with van der Waals surface area (Å²) in [6.07, 6.45) is 3.74. The van der Waals surface area contributed by atoms with Crippen molar-refractivity contribution in [2.24, 2.45) is 0 Å². The number of halogens is 3. The summed E-state index contributed by atoms with van der Waals surface area (Å²) in [6, 6.07) is 12.9. The van der Waals surface area contributed by atoms with Gasteiger partial charge < -0.3 is 9.80 Å². The van der Waals surface area contributed by atoms with Gasteiger partial charge in [-0.2, -0.15) is 13.2 Å². The van der Waals surface area contributed by atoms with Gasteiger partial charge in [-0.1, -0.05) is 50.5 Å². The minimum atomic E-state index is -4.36. The van der Waals surface area contributed by atoms with E-state index in [1.807, 2.05) is 24.3 Å². The number of hydrogen-bond acceptors (Lipinski definition) is 2. The zero-order valence-electron chi connectivity index (χ0n) is 19.5. The molecular formula is C27H35F3N2O. The van der Waals surface area contributed by atoms with Crippen molar-refractivity contribution >= 4 is 5.91 Å². The second-order valence-electron chi connectivity index (χ2n) is 8.98. The van der Waals surface area contributed by atoms with Crippen molar-refractivity contribution in [1.29, 1.82) is 0 Å². The molecule has 1 amide bonds. The molecule has 0 aromatic heterocycles. The van der Waals surface area contributed by atoms with Crippen molar-refractivity contribution in [2.45, 2.75) is 64.6 Å². The number of rotatable bonds is 10. The number of aryl methyl sites for hydroxylation is 1. The summed E-state index contributed by atoms with van der Waals surface area (Å²) < 4.78 is 38.8. The largest absolute Gasteiger partial charge is 0.416 e. The van der Waals surface area contributed by atoms with E-state index in [1.165, 1.54) is 49.8 Å². The highest BCUT2D eigenvalue weighted by Crippen LogP contribution is 2.29. The van der Waals surface area contributed by atoms with Gasteiger partial charge >= 0.3 is 6.18 Å². The van der Waals surface area contributed by atoms with Crippen LogP contribution in [0.15, 0.2) is 48.5 Å². The molecule has 0 atom stereocenters. The van der Waals surface area contributed by atoms with Gasteiger partial charge in [0, 0.05) is 25.2 Å². The van der Waals surface area contributed by atoms with Crippen LogP contribution in [0.4, 0.5) is 13.2 Å². The first-order chi connectivity index (χ1) is 15.9. The van der Waals surface area contributed by atoms with E-state index in [-0.39, 0.29) is 5.91 Å². The summed E-state index contributed by atoms with van der Waals surface area (Å²) in [5.74, 6) is -0.0768. The molecule has 0 bridgehead atoms. The topological polar surface area (TPSA) is 23.6 Å². The second-order valence-corrected chi connectivity index (χ2v) is 8.98. The lowest BCUT2D eigenvalue weighted by molar-refractivity contribution is -0.137. The van der Waals surface area contributed by atoms with Gasteiger partial charge in [-0.25, -0.2) is 0 Å². The Kier molecular flexibility index (Phi) is 9.36. The Morgan fingerprint density at radius 3 is 2.15 bits per heavy atom. The molecule has 1 saturated heterocycles. The van der Waals surface area contributed by atoms with Crippen LogP contribution in [0.1, 0.15) is 72.5 Å². The fourth-order valence-electron chi connectivity index (χ4n) is 4.29. The zero-order chi connectivity index (χ0) is 23.7. The van der Waals surface area contributed by atoms with Gasteiger partial charge in [0.15, 0.2) is 0 Å². The predicted molar refractivity (Wildman–Crippen MR) is 126 cm³/mol. The summed E-state index contributed by atoms with van der Waals surface area (Å²) in [5.41, 5.74) is 1.88. The van der Waals surface area contributed by atoms with E-state index in [4.69, 9.17) is 0 Å². The minimum Gasteiger partial charge on any atom is -0.333 e. The van der Waals surface area contributed by atoms with Gasteiger partial charge in [-0.15, -0.1) is 0 Å². The molecule has 1 heterocycles. The van der Waals surface area contributed by atoms with Crippen LogP contribution < -0.4 is 0 Å². The smallest absolute Gasteiger partial charge is 0.333 e. The monoisotopic (exact) mass is 460 g/mol. The second kappa shape index (κ2) is 12.2. The molecule has 6 heteroatoms. The lowest BCUT2D eigenvalue weighted by atomic mass is 10.0. The molecule has 0 aliphatic carbocycles. The third-order valence-corrected chi connectivity index (χ3v) is 6.35. The molecule has 0 spiro atoms. The van der Waals surface area contributed by atoms with Crippen LogP contribution in [0.5, 0.6) is 0 Å². The Labute approximate surface area is 195 Å². The number of hydrogen-bond donors (Lipinski definition) is 0. The van der Waals surface area contributed by atoms with E-state index in [1.54, 1.807) is 4.90 Å². The minimum absolute atomic E-state index is 0.0768. The van der Waals surface area contributed by atoms with E-state index in [0.717, 1.165) is 44.6 Å². The Bertz CT molecular complexity index is 856. The molecule has 33 heavy (non-hydrogen) atoms. The summed E-state index contributed by atoms with van der Waals surface area (Å²) in [6.45, 7) is 5.88. The number of nitrogens with zero attached hydrogens (tertiary/aromatic N) is 2. The standard InChI is InChI=1S/C27H35F3N2O/c1-2-3-5-8-22-9-13-24(14-10-22)26(33)32(20-19-31-17-6-4-7-18-31)21-23-11-15-25(16-12-23)27(28,29)30/h9-16H,2-8,17-21H2,1H3. The molecule has 0 radical (unpaired) electrons. The number of alkyl halides is 3. The average molecular weight is 461 g/mol. The number of unbranched alkanes of at least 4 members (excludes halogenated alkanes) is 2. The summed E-state index contributed by atoms with van der Waals surface area (Å²) >= 11 is 0. The van der Waals surface area contributed by atoms with E-state index < -0.39 is 11.7 Å². The SMILES string of the molecule is CCCCCc1ccc(C(=O)N(CCN2CCCCC2)Cc2ccc(C(F)(F)F)cc2)cc1. The van der Waals surface area contributed by atoms with Crippen molar-refractivity contribution < 1.29 is 18.0 Å². The van der Waals surface area contributed by atoms with Crippen LogP contribution in [-0.4, -0.2) is 41.9 Å². The number of likely N-dealkylation sites (tertiary alicyclic amines) is 1. The highest BCUT2D eigenvalue weighted by atomic mass is 19.4. The lowest BCUT2D eigenvalue weighted by Crippen LogP contribution is -2.40. The molecule has 180 valence electrons. The Morgan fingerprint density at radius 1 is 0.909 bits per heavy atom. The maximum atomic E-state index is 13.3. The molecule has 3 rings (SSSR count). The van der Waals surface area contributed by atoms with Crippen LogP contribution >= 0.6 is 0 Å². The number of piperidine rings is 1. The van der Waals surface area contributed by atoms with Crippen LogP contribution in [0.25, 0.3) is 0 Å². The van der Waals surface area contributed by atoms with E-state index in [0.29, 0.717) is 24.2 Å². The highest BCUT2D eigenvalue weighted by molar-refractivity contribution is 5.94. The molecule has 2 aromatic rings. The van der Waals surface area contributed by atoms with Gasteiger partial charge in [-0.3, -0.25) is 4.79 Å². The van der Waals surface area contributed by atoms with Gasteiger partial charge in [0.2, 0.25) is 0 Å². The van der Waals surface area contributed by atoms with Crippen molar-refractivity contribution in [3.63, 3.8) is 0 Å². The van der Waals surface area contributed by atoms with Gasteiger partial charge in [0.1, 0.15) is 0 Å². The molecular weight excluding hydrogens is 425 g/mol. The van der Waals surface area contributed by atoms with Crippen molar-refractivity contribution in [1.82, 2.24) is 9.80 Å². The van der Waals surface area contributed by atoms with Crippen LogP contribution in [-0.2, 0) is 19.1 Å². The Morgan fingerprint density at radius 2 is 1.55 bits per heavy atom. The molecule has 1 aliphatic rings. The number of benzene rings is 2. The van der Waals surface area contributed by atoms with Crippen LogP contribution in [0, 0.1) is 0 Å². The Balaban J connectivity index is 1.70. The summed E-state index contributed by atoms with van der Waals surface area (Å²) in [4.78, 5) is 17.5. The average Bonchev–Trinajstić information content (AvgIpc) is 2.82. The number of carbonyl (C=O) groups excluding carboxylic acids is 1. The zero-order valence-corrected chi connectivity index (χ0v) is 19.5. The summed E-state index contributed by atoms with van der Waals surface area (Å²) in [5, 5.41) is 0. The maximum absolute atomic E-state index is 13.3. The first-order valence-corrected chi connectivity index (χ1v) is 12.1. The molecule has 0 unspecified atom stereocenters. The fourth-order valence-corrected chi connectivity index (χ4v) is 4.29. The third-order valence-electron chi connectivity index (χ3n) is 6.35. The molecule has 2 aromatic carbocycles. The van der Waals surface area contributed by atoms with Crippen LogP contribution in [0.3, 0.4) is 0 Å². The highest BCUT2D eigenvalue weighted by Gasteiger charge is 2.30. The quantitative estimate of drug-likeness (QED) is 0.375. The molecule has 1 aliphatic heterocycles. The van der Waals surface area contributed by atoms with Crippen molar-refractivity contribution in [3.8, 4) is 0 Å². The number of carbonyl (C=O) groups is 1. The van der Waals surface area contributed by atoms with Crippen LogP contribution in [0.2, 0.25) is 0 Å². The first-order valence-electron chi connectivity index (χ1n) is 12.1. The fraction of sp³-hybridized carbons (Fsp3) is 0.519. The maximum Gasteiger partial charge on any atom is 0.416 e. The molecule has 1 fully saturated rings. The van der Waals surface area contributed by atoms with Gasteiger partial charge in [0.05, 0.1) is 5.56 Å². The Hall–Kier alpha value is -2.34. The van der Waals surface area contributed by atoms with Crippen molar-refractivity contribution in [3.05, 3.63) is 70.8 Å². The number of amides is 1. The van der Waals surface area contributed by atoms with Crippen molar-refractivity contribution in [2.75, 3.05) is 26.2 Å².